The van der Waals surface area contributed by atoms with E-state index in [4.69, 9.17) is 16.3 Å². The van der Waals surface area contributed by atoms with Gasteiger partial charge in [0, 0.05) is 10.6 Å². The molecular weight excluding hydrogens is 412 g/mol. The molecular formula is C20H15ClN4O3S. The van der Waals surface area contributed by atoms with Gasteiger partial charge in [-0.25, -0.2) is 0 Å². The number of carbonyl (C=O) groups is 2. The van der Waals surface area contributed by atoms with Crippen molar-refractivity contribution in [1.82, 2.24) is 10.2 Å². The van der Waals surface area contributed by atoms with E-state index in [1.54, 1.807) is 43.3 Å². The van der Waals surface area contributed by atoms with Gasteiger partial charge in [0.05, 0.1) is 10.7 Å². The quantitative estimate of drug-likeness (QED) is 0.647. The Hall–Kier alpha value is -3.10. The van der Waals surface area contributed by atoms with Crippen molar-refractivity contribution in [1.29, 1.82) is 0 Å². The summed E-state index contributed by atoms with van der Waals surface area (Å²) in [5.74, 6) is -0.0996. The smallest absolute Gasteiger partial charge is 0.276 e. The lowest BCUT2D eigenvalue weighted by molar-refractivity contribution is -0.122. The number of rotatable bonds is 4. The van der Waals surface area contributed by atoms with Crippen molar-refractivity contribution in [3.63, 3.8) is 0 Å². The predicted octanol–water partition coefficient (Wildman–Crippen LogP) is 4.25. The fraction of sp³-hybridized carbons (Fsp3) is 0.100. The second-order valence-electron chi connectivity index (χ2n) is 6.20. The summed E-state index contributed by atoms with van der Waals surface area (Å²) in [5, 5.41) is 14.8. The summed E-state index contributed by atoms with van der Waals surface area (Å²) in [6, 6.07) is 15.7. The summed E-state index contributed by atoms with van der Waals surface area (Å²) in [4.78, 5) is 25.1. The molecule has 0 saturated heterocycles. The number of hydrogen-bond acceptors (Lipinski definition) is 6. The number of nitrogens with one attached hydrogen (secondary N) is 2. The summed E-state index contributed by atoms with van der Waals surface area (Å²) in [6.45, 7) is 1.67. The first kappa shape index (κ1) is 19.2. The summed E-state index contributed by atoms with van der Waals surface area (Å²) in [6.07, 6.45) is -0.555. The van der Waals surface area contributed by atoms with Crippen LogP contribution in [0, 0.1) is 0 Å². The van der Waals surface area contributed by atoms with Crippen LogP contribution in [0.4, 0.5) is 11.4 Å². The van der Waals surface area contributed by atoms with Crippen LogP contribution in [0.2, 0.25) is 5.02 Å². The SMILES string of the molecule is C[C@H]1Oc2ccc(NC(=O)c3ccc(Sc4ccccc4Cl)nn3)cc2NC1=O. The van der Waals surface area contributed by atoms with Crippen LogP contribution in [0.15, 0.2) is 64.5 Å². The molecule has 1 atom stereocenters. The van der Waals surface area contributed by atoms with Gasteiger partial charge in [-0.3, -0.25) is 9.59 Å². The van der Waals surface area contributed by atoms with Crippen molar-refractivity contribution in [3.05, 3.63) is 65.3 Å². The van der Waals surface area contributed by atoms with Crippen molar-refractivity contribution in [2.45, 2.75) is 22.9 Å². The Labute approximate surface area is 175 Å². The van der Waals surface area contributed by atoms with Gasteiger partial charge in [-0.1, -0.05) is 35.5 Å². The number of anilines is 2. The van der Waals surface area contributed by atoms with Gasteiger partial charge in [-0.05, 0) is 49.4 Å². The minimum absolute atomic E-state index is 0.167. The van der Waals surface area contributed by atoms with E-state index in [9.17, 15) is 9.59 Å². The standard InChI is InChI=1S/C20H15ClN4O3S/c1-11-19(26)23-15-10-12(6-8-16(15)28-11)22-20(27)14-7-9-18(25-24-14)29-17-5-3-2-4-13(17)21/h2-11H,1H3,(H,22,27)(H,23,26)/t11-/m1/s1. The Morgan fingerprint density at radius 3 is 2.76 bits per heavy atom. The molecule has 0 radical (unpaired) electrons. The molecule has 3 aromatic rings. The lowest BCUT2D eigenvalue weighted by Crippen LogP contribution is -2.34. The van der Waals surface area contributed by atoms with Crippen molar-refractivity contribution < 1.29 is 14.3 Å². The Bertz CT molecular complexity index is 1090. The average Bonchev–Trinajstić information content (AvgIpc) is 2.71. The minimum atomic E-state index is -0.555. The highest BCUT2D eigenvalue weighted by Gasteiger charge is 2.23. The van der Waals surface area contributed by atoms with Crippen LogP contribution in [-0.2, 0) is 4.79 Å². The third kappa shape index (κ3) is 4.33. The number of amides is 2. The number of carbonyl (C=O) groups excluding carboxylic acids is 2. The molecule has 0 saturated carbocycles. The molecule has 1 aliphatic rings. The van der Waals surface area contributed by atoms with Crippen molar-refractivity contribution >= 4 is 46.6 Å². The zero-order valence-corrected chi connectivity index (χ0v) is 16.8. The van der Waals surface area contributed by atoms with Crippen molar-refractivity contribution in [2.24, 2.45) is 0 Å². The third-order valence-corrected chi connectivity index (χ3v) is 5.54. The Balaban J connectivity index is 1.44. The second kappa shape index (κ2) is 8.10. The molecule has 29 heavy (non-hydrogen) atoms. The van der Waals surface area contributed by atoms with Gasteiger partial charge < -0.3 is 15.4 Å². The van der Waals surface area contributed by atoms with Gasteiger partial charge in [0.1, 0.15) is 10.8 Å². The van der Waals surface area contributed by atoms with Crippen molar-refractivity contribution in [3.8, 4) is 5.75 Å². The molecule has 2 amide bonds. The first-order valence-electron chi connectivity index (χ1n) is 8.68. The molecule has 0 spiro atoms. The molecule has 2 N–H and O–H groups in total. The zero-order valence-electron chi connectivity index (χ0n) is 15.2. The average molecular weight is 427 g/mol. The number of aromatic nitrogens is 2. The lowest BCUT2D eigenvalue weighted by Gasteiger charge is -2.23. The third-order valence-electron chi connectivity index (χ3n) is 4.09. The molecule has 9 heteroatoms. The van der Waals surface area contributed by atoms with E-state index in [-0.39, 0.29) is 11.6 Å². The van der Waals surface area contributed by atoms with Crippen LogP contribution in [0.25, 0.3) is 0 Å². The first-order valence-corrected chi connectivity index (χ1v) is 9.88. The number of ether oxygens (including phenoxy) is 1. The summed E-state index contributed by atoms with van der Waals surface area (Å²) in [5.41, 5.74) is 1.17. The largest absolute Gasteiger partial charge is 0.479 e. The minimum Gasteiger partial charge on any atom is -0.479 e. The summed E-state index contributed by atoms with van der Waals surface area (Å²) in [7, 11) is 0. The maximum atomic E-state index is 12.5. The predicted molar refractivity (Wildman–Crippen MR) is 111 cm³/mol. The van der Waals surface area contributed by atoms with Gasteiger partial charge >= 0.3 is 0 Å². The number of fused-ring (bicyclic) bond motifs is 1. The fourth-order valence-electron chi connectivity index (χ4n) is 2.62. The zero-order chi connectivity index (χ0) is 20.4. The normalized spacial score (nSPS) is 15.1. The monoisotopic (exact) mass is 426 g/mol. The van der Waals surface area contributed by atoms with Crippen LogP contribution in [0.1, 0.15) is 17.4 Å². The molecule has 0 fully saturated rings. The van der Waals surface area contributed by atoms with E-state index in [0.29, 0.717) is 27.2 Å². The lowest BCUT2D eigenvalue weighted by atomic mass is 10.2. The van der Waals surface area contributed by atoms with E-state index in [0.717, 1.165) is 4.90 Å². The maximum Gasteiger partial charge on any atom is 0.276 e. The number of hydrogen-bond donors (Lipinski definition) is 2. The molecule has 0 unspecified atom stereocenters. The van der Waals surface area contributed by atoms with Crippen LogP contribution in [0.5, 0.6) is 5.75 Å². The van der Waals surface area contributed by atoms with Crippen LogP contribution in [-0.4, -0.2) is 28.1 Å². The van der Waals surface area contributed by atoms with E-state index in [1.165, 1.54) is 11.8 Å². The Kier molecular flexibility index (Phi) is 5.37. The van der Waals surface area contributed by atoms with Crippen LogP contribution < -0.4 is 15.4 Å². The molecule has 4 rings (SSSR count). The van der Waals surface area contributed by atoms with Gasteiger partial charge in [0.15, 0.2) is 11.8 Å². The molecule has 1 aliphatic heterocycles. The molecule has 0 bridgehead atoms. The van der Waals surface area contributed by atoms with Crippen molar-refractivity contribution in [2.75, 3.05) is 10.6 Å². The molecule has 2 aromatic carbocycles. The first-order chi connectivity index (χ1) is 14.0. The molecule has 7 nitrogen and oxygen atoms in total. The Morgan fingerprint density at radius 1 is 1.17 bits per heavy atom. The number of halogens is 1. The number of nitrogens with zero attached hydrogens (tertiary/aromatic N) is 2. The highest BCUT2D eigenvalue weighted by atomic mass is 35.5. The van der Waals surface area contributed by atoms with Gasteiger partial charge in [0.25, 0.3) is 11.8 Å². The second-order valence-corrected chi connectivity index (χ2v) is 7.67. The van der Waals surface area contributed by atoms with E-state index < -0.39 is 12.0 Å². The van der Waals surface area contributed by atoms with E-state index in [2.05, 4.69) is 20.8 Å². The van der Waals surface area contributed by atoms with Gasteiger partial charge in [0.2, 0.25) is 0 Å². The van der Waals surface area contributed by atoms with E-state index in [1.807, 2.05) is 18.2 Å². The summed E-state index contributed by atoms with van der Waals surface area (Å²) >= 11 is 7.51. The molecule has 2 heterocycles. The highest BCUT2D eigenvalue weighted by Crippen LogP contribution is 2.33. The summed E-state index contributed by atoms with van der Waals surface area (Å²) < 4.78 is 5.50. The maximum absolute atomic E-state index is 12.5. The van der Waals surface area contributed by atoms with E-state index >= 15 is 0 Å². The highest BCUT2D eigenvalue weighted by molar-refractivity contribution is 7.99. The van der Waals surface area contributed by atoms with Gasteiger partial charge in [-0.15, -0.1) is 10.2 Å². The topological polar surface area (TPSA) is 93.2 Å². The molecule has 0 aliphatic carbocycles. The Morgan fingerprint density at radius 2 is 2.00 bits per heavy atom. The number of benzene rings is 2. The van der Waals surface area contributed by atoms with Crippen LogP contribution in [0.3, 0.4) is 0 Å². The van der Waals surface area contributed by atoms with Gasteiger partial charge in [-0.2, -0.15) is 0 Å². The van der Waals surface area contributed by atoms with Crippen LogP contribution >= 0.6 is 23.4 Å². The fourth-order valence-corrected chi connectivity index (χ4v) is 3.62. The molecule has 146 valence electrons. The molecule has 1 aromatic heterocycles.